The zero-order chi connectivity index (χ0) is 18.7. The SMILES string of the molecule is CC1(C)CC(CCn2cc(-c3cncnc3)nn2)(c2ccccc2)CCO1. The summed E-state index contributed by atoms with van der Waals surface area (Å²) in [7, 11) is 0. The van der Waals surface area contributed by atoms with E-state index in [0.29, 0.717) is 0 Å². The summed E-state index contributed by atoms with van der Waals surface area (Å²) >= 11 is 0. The van der Waals surface area contributed by atoms with E-state index in [9.17, 15) is 0 Å². The number of hydrogen-bond acceptors (Lipinski definition) is 5. The van der Waals surface area contributed by atoms with Crippen molar-refractivity contribution in [3.63, 3.8) is 0 Å². The largest absolute Gasteiger partial charge is 0.376 e. The second-order valence-corrected chi connectivity index (χ2v) is 7.93. The maximum Gasteiger partial charge on any atom is 0.116 e. The van der Waals surface area contributed by atoms with E-state index in [1.807, 2.05) is 10.9 Å². The summed E-state index contributed by atoms with van der Waals surface area (Å²) in [5.41, 5.74) is 3.04. The van der Waals surface area contributed by atoms with Gasteiger partial charge in [-0.05, 0) is 38.7 Å². The predicted molar refractivity (Wildman–Crippen MR) is 103 cm³/mol. The Balaban J connectivity index is 1.56. The monoisotopic (exact) mass is 363 g/mol. The Labute approximate surface area is 159 Å². The Morgan fingerprint density at radius 3 is 2.63 bits per heavy atom. The van der Waals surface area contributed by atoms with Crippen LogP contribution in [-0.4, -0.2) is 37.2 Å². The van der Waals surface area contributed by atoms with Crippen molar-refractivity contribution >= 4 is 0 Å². The molecule has 0 saturated carbocycles. The van der Waals surface area contributed by atoms with Gasteiger partial charge in [-0.2, -0.15) is 0 Å². The van der Waals surface area contributed by atoms with Crippen molar-refractivity contribution < 1.29 is 4.74 Å². The van der Waals surface area contributed by atoms with Crippen molar-refractivity contribution in [3.8, 4) is 11.3 Å². The summed E-state index contributed by atoms with van der Waals surface area (Å²) in [4.78, 5) is 8.11. The fourth-order valence-corrected chi connectivity index (χ4v) is 4.17. The van der Waals surface area contributed by atoms with Gasteiger partial charge in [-0.3, -0.25) is 4.68 Å². The molecule has 0 amide bonds. The molecule has 140 valence electrons. The van der Waals surface area contributed by atoms with Crippen LogP contribution in [-0.2, 0) is 16.7 Å². The first-order chi connectivity index (χ1) is 13.1. The lowest BCUT2D eigenvalue weighted by molar-refractivity contribution is -0.0849. The van der Waals surface area contributed by atoms with Crippen LogP contribution in [0.3, 0.4) is 0 Å². The van der Waals surface area contributed by atoms with Crippen molar-refractivity contribution in [3.05, 3.63) is 60.8 Å². The Bertz CT molecular complexity index is 878. The van der Waals surface area contributed by atoms with Crippen LogP contribution >= 0.6 is 0 Å². The van der Waals surface area contributed by atoms with E-state index < -0.39 is 0 Å². The van der Waals surface area contributed by atoms with Crippen LogP contribution < -0.4 is 0 Å². The highest BCUT2D eigenvalue weighted by Gasteiger charge is 2.41. The summed E-state index contributed by atoms with van der Waals surface area (Å²) in [5, 5.41) is 8.60. The number of rotatable bonds is 5. The van der Waals surface area contributed by atoms with E-state index >= 15 is 0 Å². The van der Waals surface area contributed by atoms with Gasteiger partial charge in [-0.25, -0.2) is 9.97 Å². The average Bonchev–Trinajstić information content (AvgIpc) is 3.16. The lowest BCUT2D eigenvalue weighted by atomic mass is 9.67. The highest BCUT2D eigenvalue weighted by atomic mass is 16.5. The van der Waals surface area contributed by atoms with E-state index in [2.05, 4.69) is 64.5 Å². The lowest BCUT2D eigenvalue weighted by Crippen LogP contribution is -2.44. The minimum Gasteiger partial charge on any atom is -0.376 e. The molecule has 1 aromatic carbocycles. The fraction of sp³-hybridized carbons (Fsp3) is 0.429. The number of nitrogens with zero attached hydrogens (tertiary/aromatic N) is 5. The molecule has 6 nitrogen and oxygen atoms in total. The molecule has 0 bridgehead atoms. The van der Waals surface area contributed by atoms with Gasteiger partial charge < -0.3 is 4.74 Å². The zero-order valence-corrected chi connectivity index (χ0v) is 15.9. The minimum atomic E-state index is -0.122. The molecule has 6 heteroatoms. The highest BCUT2D eigenvalue weighted by molar-refractivity contribution is 5.54. The molecule has 2 aromatic heterocycles. The number of benzene rings is 1. The molecule has 1 fully saturated rings. The summed E-state index contributed by atoms with van der Waals surface area (Å²) in [6.07, 6.45) is 10.0. The maximum atomic E-state index is 6.01. The average molecular weight is 363 g/mol. The minimum absolute atomic E-state index is 0.0883. The molecule has 1 aliphatic rings. The van der Waals surface area contributed by atoms with Gasteiger partial charge >= 0.3 is 0 Å². The molecule has 0 radical (unpaired) electrons. The molecule has 0 spiro atoms. The third kappa shape index (κ3) is 3.90. The Morgan fingerprint density at radius 2 is 1.89 bits per heavy atom. The number of ether oxygens (including phenoxy) is 1. The van der Waals surface area contributed by atoms with Gasteiger partial charge in [0.2, 0.25) is 0 Å². The Kier molecular flexibility index (Phi) is 4.74. The van der Waals surface area contributed by atoms with Gasteiger partial charge in [0.15, 0.2) is 0 Å². The van der Waals surface area contributed by atoms with Crippen LogP contribution in [0.2, 0.25) is 0 Å². The standard InChI is InChI=1S/C21H25N5O/c1-20(2)15-21(9-11-27-20,18-6-4-3-5-7-18)8-10-26-14-19(24-25-26)17-12-22-16-23-13-17/h3-7,12-14,16H,8-11,15H2,1-2H3. The van der Waals surface area contributed by atoms with Gasteiger partial charge in [0, 0.05) is 36.5 Å². The van der Waals surface area contributed by atoms with E-state index in [1.165, 1.54) is 11.9 Å². The quantitative estimate of drug-likeness (QED) is 0.692. The van der Waals surface area contributed by atoms with Crippen molar-refractivity contribution in [2.24, 2.45) is 0 Å². The van der Waals surface area contributed by atoms with Crippen LogP contribution in [0.4, 0.5) is 0 Å². The van der Waals surface area contributed by atoms with Gasteiger partial charge in [-0.1, -0.05) is 35.5 Å². The molecule has 0 N–H and O–H groups in total. The van der Waals surface area contributed by atoms with Gasteiger partial charge in [0.05, 0.1) is 11.8 Å². The van der Waals surface area contributed by atoms with Crippen LogP contribution in [0.25, 0.3) is 11.3 Å². The molecular formula is C21H25N5O. The Morgan fingerprint density at radius 1 is 1.11 bits per heavy atom. The van der Waals surface area contributed by atoms with Crippen LogP contribution in [0.1, 0.15) is 38.7 Å². The number of aryl methyl sites for hydroxylation is 1. The first-order valence-corrected chi connectivity index (χ1v) is 9.41. The van der Waals surface area contributed by atoms with Crippen molar-refractivity contribution in [1.82, 2.24) is 25.0 Å². The third-order valence-electron chi connectivity index (χ3n) is 5.44. The smallest absolute Gasteiger partial charge is 0.116 e. The molecule has 1 aliphatic heterocycles. The third-order valence-corrected chi connectivity index (χ3v) is 5.44. The molecule has 27 heavy (non-hydrogen) atoms. The summed E-state index contributed by atoms with van der Waals surface area (Å²) in [6, 6.07) is 10.8. The molecule has 0 aliphatic carbocycles. The molecule has 3 heterocycles. The number of hydrogen-bond donors (Lipinski definition) is 0. The molecular weight excluding hydrogens is 338 g/mol. The summed E-state index contributed by atoms with van der Waals surface area (Å²) < 4.78 is 7.93. The molecule has 1 atom stereocenters. The second-order valence-electron chi connectivity index (χ2n) is 7.93. The summed E-state index contributed by atoms with van der Waals surface area (Å²) in [5.74, 6) is 0. The zero-order valence-electron chi connectivity index (χ0n) is 15.9. The van der Waals surface area contributed by atoms with Crippen LogP contribution in [0.5, 0.6) is 0 Å². The summed E-state index contributed by atoms with van der Waals surface area (Å²) in [6.45, 7) is 5.97. The highest BCUT2D eigenvalue weighted by Crippen LogP contribution is 2.44. The first kappa shape index (κ1) is 17.8. The molecule has 1 unspecified atom stereocenters. The van der Waals surface area contributed by atoms with Gasteiger partial charge in [0.1, 0.15) is 12.0 Å². The molecule has 4 rings (SSSR count). The van der Waals surface area contributed by atoms with Crippen LogP contribution in [0, 0.1) is 0 Å². The topological polar surface area (TPSA) is 65.7 Å². The lowest BCUT2D eigenvalue weighted by Gasteiger charge is -2.45. The molecule has 3 aromatic rings. The predicted octanol–water partition coefficient (Wildman–Crippen LogP) is 3.65. The van der Waals surface area contributed by atoms with E-state index in [4.69, 9.17) is 4.74 Å². The Hall–Kier alpha value is -2.60. The fourth-order valence-electron chi connectivity index (χ4n) is 4.17. The van der Waals surface area contributed by atoms with Crippen LogP contribution in [0.15, 0.2) is 55.2 Å². The van der Waals surface area contributed by atoms with Crippen molar-refractivity contribution in [2.75, 3.05) is 6.61 Å². The first-order valence-electron chi connectivity index (χ1n) is 9.41. The second kappa shape index (κ2) is 7.19. The van der Waals surface area contributed by atoms with Gasteiger partial charge in [-0.15, -0.1) is 5.10 Å². The van der Waals surface area contributed by atoms with E-state index in [-0.39, 0.29) is 11.0 Å². The maximum absolute atomic E-state index is 6.01. The van der Waals surface area contributed by atoms with Crippen molar-refractivity contribution in [2.45, 2.75) is 50.7 Å². The normalized spacial score (nSPS) is 21.9. The number of aromatic nitrogens is 5. The van der Waals surface area contributed by atoms with Gasteiger partial charge in [0.25, 0.3) is 0 Å². The van der Waals surface area contributed by atoms with Crippen molar-refractivity contribution in [1.29, 1.82) is 0 Å². The molecule has 1 saturated heterocycles. The van der Waals surface area contributed by atoms with E-state index in [1.54, 1.807) is 12.4 Å². The van der Waals surface area contributed by atoms with E-state index in [0.717, 1.165) is 43.7 Å².